The Labute approximate surface area is 98.0 Å². The SMILES string of the molecule is CC1CCN(C(=O)NC2CCN(C)C2)CC1. The van der Waals surface area contributed by atoms with Crippen molar-refractivity contribution in [2.24, 2.45) is 5.92 Å². The van der Waals surface area contributed by atoms with Crippen molar-refractivity contribution in [3.63, 3.8) is 0 Å². The van der Waals surface area contributed by atoms with Gasteiger partial charge in [-0.25, -0.2) is 4.79 Å². The average Bonchev–Trinajstić information content (AvgIpc) is 2.65. The standard InChI is InChI=1S/C12H23N3O/c1-10-3-7-15(8-4-10)12(16)13-11-5-6-14(2)9-11/h10-11H,3-9H2,1-2H3,(H,13,16). The zero-order valence-electron chi connectivity index (χ0n) is 10.4. The van der Waals surface area contributed by atoms with Crippen molar-refractivity contribution in [3.05, 3.63) is 0 Å². The summed E-state index contributed by atoms with van der Waals surface area (Å²) in [5, 5.41) is 3.14. The minimum atomic E-state index is 0.146. The van der Waals surface area contributed by atoms with E-state index in [9.17, 15) is 4.79 Å². The number of rotatable bonds is 1. The van der Waals surface area contributed by atoms with Crippen LogP contribution in [0.5, 0.6) is 0 Å². The van der Waals surface area contributed by atoms with Crippen molar-refractivity contribution in [1.82, 2.24) is 15.1 Å². The van der Waals surface area contributed by atoms with Gasteiger partial charge in [0.05, 0.1) is 0 Å². The highest BCUT2D eigenvalue weighted by atomic mass is 16.2. The quantitative estimate of drug-likeness (QED) is 0.726. The van der Waals surface area contributed by atoms with Gasteiger partial charge < -0.3 is 15.1 Å². The van der Waals surface area contributed by atoms with Crippen molar-refractivity contribution in [3.8, 4) is 0 Å². The lowest BCUT2D eigenvalue weighted by Gasteiger charge is -2.31. The molecule has 4 heteroatoms. The fourth-order valence-electron chi connectivity index (χ4n) is 2.53. The van der Waals surface area contributed by atoms with Gasteiger partial charge in [-0.2, -0.15) is 0 Å². The monoisotopic (exact) mass is 225 g/mol. The van der Waals surface area contributed by atoms with Crippen LogP contribution in [0.1, 0.15) is 26.2 Å². The lowest BCUT2D eigenvalue weighted by molar-refractivity contribution is 0.170. The second-order valence-corrected chi connectivity index (χ2v) is 5.37. The zero-order valence-corrected chi connectivity index (χ0v) is 10.4. The summed E-state index contributed by atoms with van der Waals surface area (Å²) in [6, 6.07) is 0.504. The third kappa shape index (κ3) is 2.88. The second kappa shape index (κ2) is 5.04. The first kappa shape index (κ1) is 11.7. The van der Waals surface area contributed by atoms with Gasteiger partial charge in [0.1, 0.15) is 0 Å². The Morgan fingerprint density at radius 2 is 1.88 bits per heavy atom. The van der Waals surface area contributed by atoms with Gasteiger partial charge >= 0.3 is 6.03 Å². The van der Waals surface area contributed by atoms with E-state index >= 15 is 0 Å². The molecule has 92 valence electrons. The number of hydrogen-bond donors (Lipinski definition) is 1. The van der Waals surface area contributed by atoms with Crippen LogP contribution in [0.25, 0.3) is 0 Å². The van der Waals surface area contributed by atoms with Gasteiger partial charge in [0.25, 0.3) is 0 Å². The number of hydrogen-bond acceptors (Lipinski definition) is 2. The van der Waals surface area contributed by atoms with Crippen LogP contribution < -0.4 is 5.32 Å². The largest absolute Gasteiger partial charge is 0.334 e. The predicted molar refractivity (Wildman–Crippen MR) is 64.4 cm³/mol. The molecule has 2 rings (SSSR count). The smallest absolute Gasteiger partial charge is 0.317 e. The van der Waals surface area contributed by atoms with Gasteiger partial charge in [-0.1, -0.05) is 6.92 Å². The first-order valence-electron chi connectivity index (χ1n) is 6.39. The minimum Gasteiger partial charge on any atom is -0.334 e. The summed E-state index contributed by atoms with van der Waals surface area (Å²) in [6.45, 7) is 6.21. The number of nitrogens with zero attached hydrogens (tertiary/aromatic N) is 2. The van der Waals surface area contributed by atoms with Crippen molar-refractivity contribution < 1.29 is 4.79 Å². The summed E-state index contributed by atoms with van der Waals surface area (Å²) in [6.07, 6.45) is 3.39. The van der Waals surface area contributed by atoms with Gasteiger partial charge in [0.2, 0.25) is 0 Å². The molecule has 2 fully saturated rings. The normalized spacial score (nSPS) is 28.4. The summed E-state index contributed by atoms with van der Waals surface area (Å²) < 4.78 is 0. The fraction of sp³-hybridized carbons (Fsp3) is 0.917. The highest BCUT2D eigenvalue weighted by molar-refractivity contribution is 5.74. The molecule has 0 saturated carbocycles. The van der Waals surface area contributed by atoms with E-state index in [4.69, 9.17) is 0 Å². The Morgan fingerprint density at radius 1 is 1.19 bits per heavy atom. The van der Waals surface area contributed by atoms with Crippen molar-refractivity contribution in [1.29, 1.82) is 0 Å². The minimum absolute atomic E-state index is 0.146. The van der Waals surface area contributed by atoms with Gasteiger partial charge in [-0.05, 0) is 38.8 Å². The Kier molecular flexibility index (Phi) is 3.69. The molecule has 0 spiro atoms. The molecule has 1 atom stereocenters. The molecule has 1 unspecified atom stereocenters. The Balaban J connectivity index is 1.75. The molecule has 0 aromatic carbocycles. The number of amides is 2. The Hall–Kier alpha value is -0.770. The average molecular weight is 225 g/mol. The summed E-state index contributed by atoms with van der Waals surface area (Å²) in [7, 11) is 2.11. The highest BCUT2D eigenvalue weighted by Crippen LogP contribution is 2.16. The molecule has 0 bridgehead atoms. The molecule has 2 saturated heterocycles. The molecule has 0 aliphatic carbocycles. The maximum Gasteiger partial charge on any atom is 0.317 e. The maximum atomic E-state index is 12.0. The first-order chi connectivity index (χ1) is 7.65. The maximum absolute atomic E-state index is 12.0. The highest BCUT2D eigenvalue weighted by Gasteiger charge is 2.25. The Bertz CT molecular complexity index is 249. The molecule has 0 aromatic rings. The number of carbonyl (C=O) groups is 1. The van der Waals surface area contributed by atoms with Crippen molar-refractivity contribution in [2.45, 2.75) is 32.2 Å². The molecule has 2 amide bonds. The van der Waals surface area contributed by atoms with E-state index < -0.39 is 0 Å². The van der Waals surface area contributed by atoms with Crippen LogP contribution >= 0.6 is 0 Å². The van der Waals surface area contributed by atoms with Crippen LogP contribution in [0.4, 0.5) is 4.79 Å². The molecule has 4 nitrogen and oxygen atoms in total. The fourth-order valence-corrected chi connectivity index (χ4v) is 2.53. The Morgan fingerprint density at radius 3 is 2.44 bits per heavy atom. The number of likely N-dealkylation sites (N-methyl/N-ethyl adjacent to an activating group) is 1. The van der Waals surface area contributed by atoms with Crippen molar-refractivity contribution >= 4 is 6.03 Å². The van der Waals surface area contributed by atoms with E-state index in [0.29, 0.717) is 6.04 Å². The van der Waals surface area contributed by atoms with Crippen LogP contribution in [-0.4, -0.2) is 55.1 Å². The third-order valence-electron chi connectivity index (χ3n) is 3.79. The van der Waals surface area contributed by atoms with Crippen LogP contribution in [0, 0.1) is 5.92 Å². The van der Waals surface area contributed by atoms with Crippen LogP contribution in [0.15, 0.2) is 0 Å². The molecule has 1 N–H and O–H groups in total. The second-order valence-electron chi connectivity index (χ2n) is 5.37. The van der Waals surface area contributed by atoms with Gasteiger partial charge in [-0.15, -0.1) is 0 Å². The first-order valence-corrected chi connectivity index (χ1v) is 6.39. The number of carbonyl (C=O) groups excluding carboxylic acids is 1. The van der Waals surface area contributed by atoms with Crippen LogP contribution in [-0.2, 0) is 0 Å². The van der Waals surface area contributed by atoms with E-state index in [1.807, 2.05) is 4.90 Å². The van der Waals surface area contributed by atoms with Gasteiger partial charge in [-0.3, -0.25) is 0 Å². The van der Waals surface area contributed by atoms with Crippen LogP contribution in [0.2, 0.25) is 0 Å². The third-order valence-corrected chi connectivity index (χ3v) is 3.79. The van der Waals surface area contributed by atoms with E-state index in [1.165, 1.54) is 0 Å². The molecule has 2 heterocycles. The zero-order chi connectivity index (χ0) is 11.5. The number of urea groups is 1. The number of piperidine rings is 1. The summed E-state index contributed by atoms with van der Waals surface area (Å²) in [5.74, 6) is 0.779. The summed E-state index contributed by atoms with van der Waals surface area (Å²) >= 11 is 0. The lowest BCUT2D eigenvalue weighted by atomic mass is 10.00. The van der Waals surface area contributed by atoms with Crippen molar-refractivity contribution in [2.75, 3.05) is 33.2 Å². The van der Waals surface area contributed by atoms with E-state index in [0.717, 1.165) is 51.4 Å². The summed E-state index contributed by atoms with van der Waals surface area (Å²) in [4.78, 5) is 16.2. The predicted octanol–water partition coefficient (Wildman–Crippen LogP) is 1.13. The van der Waals surface area contributed by atoms with E-state index in [1.54, 1.807) is 0 Å². The summed E-state index contributed by atoms with van der Waals surface area (Å²) in [5.41, 5.74) is 0. The van der Waals surface area contributed by atoms with Gasteiger partial charge in [0, 0.05) is 25.7 Å². The lowest BCUT2D eigenvalue weighted by Crippen LogP contribution is -2.48. The van der Waals surface area contributed by atoms with Crippen LogP contribution in [0.3, 0.4) is 0 Å². The number of nitrogens with one attached hydrogen (secondary N) is 1. The van der Waals surface area contributed by atoms with E-state index in [2.05, 4.69) is 24.2 Å². The molecular formula is C12H23N3O. The molecule has 2 aliphatic heterocycles. The topological polar surface area (TPSA) is 35.6 Å². The molecule has 0 radical (unpaired) electrons. The molecular weight excluding hydrogens is 202 g/mol. The molecule has 16 heavy (non-hydrogen) atoms. The molecule has 2 aliphatic rings. The van der Waals surface area contributed by atoms with E-state index in [-0.39, 0.29) is 6.03 Å². The van der Waals surface area contributed by atoms with Gasteiger partial charge in [0.15, 0.2) is 0 Å². The molecule has 0 aromatic heterocycles. The number of likely N-dealkylation sites (tertiary alicyclic amines) is 2.